The van der Waals surface area contributed by atoms with Crippen LogP contribution in [0, 0.1) is 58.2 Å². The first-order valence-corrected chi connectivity index (χ1v) is 13.9. The monoisotopic (exact) mass is 412 g/mol. The van der Waals surface area contributed by atoms with Gasteiger partial charge in [-0.1, -0.05) is 66.4 Å². The van der Waals surface area contributed by atoms with Gasteiger partial charge in [0.15, 0.2) is 0 Å². The molecule has 9 atom stereocenters. The summed E-state index contributed by atoms with van der Waals surface area (Å²) in [4.78, 5) is 0. The van der Waals surface area contributed by atoms with Gasteiger partial charge in [-0.05, 0) is 116 Å². The van der Waals surface area contributed by atoms with Crippen molar-refractivity contribution in [1.82, 2.24) is 0 Å². The summed E-state index contributed by atoms with van der Waals surface area (Å²) in [6.45, 7) is 17.0. The zero-order valence-corrected chi connectivity index (χ0v) is 21.1. The summed E-state index contributed by atoms with van der Waals surface area (Å²) in [7, 11) is 0. The van der Waals surface area contributed by atoms with Gasteiger partial charge in [0.2, 0.25) is 0 Å². The normalized spacial score (nSPS) is 46.7. The molecule has 4 fully saturated rings. The molecule has 0 saturated heterocycles. The Kier molecular flexibility index (Phi) is 6.83. The standard InChI is InChI=1S/C30H52/c1-7-10-23-13-9-19-29(5)26(23)15-14-24-27-17-16-25(22(4)12-8-11-21(2)3)30(27,6)20-18-28(24)29/h7,21-28H,1,8-20H2,2-6H3/t22?,23?,24-,25+,26?,27-,28-,29-,30+/m0/s1. The van der Waals surface area contributed by atoms with E-state index in [0.717, 1.165) is 47.3 Å². The van der Waals surface area contributed by atoms with Crippen molar-refractivity contribution < 1.29 is 0 Å². The Morgan fingerprint density at radius 2 is 1.57 bits per heavy atom. The molecule has 4 aliphatic rings. The van der Waals surface area contributed by atoms with Gasteiger partial charge in [0, 0.05) is 0 Å². The lowest BCUT2D eigenvalue weighted by atomic mass is 9.43. The summed E-state index contributed by atoms with van der Waals surface area (Å²) >= 11 is 0. The Labute approximate surface area is 189 Å². The highest BCUT2D eigenvalue weighted by Crippen LogP contribution is 2.69. The molecule has 3 unspecified atom stereocenters. The van der Waals surface area contributed by atoms with Crippen LogP contribution in [0.15, 0.2) is 12.7 Å². The second-order valence-electron chi connectivity index (χ2n) is 13.3. The van der Waals surface area contributed by atoms with Crippen LogP contribution < -0.4 is 0 Å². The first-order chi connectivity index (χ1) is 14.3. The highest BCUT2D eigenvalue weighted by atomic mass is 14.7. The molecule has 0 aliphatic heterocycles. The van der Waals surface area contributed by atoms with Crippen LogP contribution in [0.5, 0.6) is 0 Å². The van der Waals surface area contributed by atoms with Crippen LogP contribution in [0.1, 0.15) is 118 Å². The number of fused-ring (bicyclic) bond motifs is 5. The molecular weight excluding hydrogens is 360 g/mol. The van der Waals surface area contributed by atoms with E-state index in [1.54, 1.807) is 19.3 Å². The first-order valence-electron chi connectivity index (χ1n) is 13.9. The molecule has 0 spiro atoms. The van der Waals surface area contributed by atoms with E-state index in [0.29, 0.717) is 10.8 Å². The molecule has 0 radical (unpaired) electrons. The Hall–Kier alpha value is -0.260. The molecule has 0 nitrogen and oxygen atoms in total. The molecular formula is C30H52. The maximum Gasteiger partial charge on any atom is -0.0264 e. The lowest BCUT2D eigenvalue weighted by Crippen LogP contribution is -2.54. The van der Waals surface area contributed by atoms with Gasteiger partial charge < -0.3 is 0 Å². The topological polar surface area (TPSA) is 0 Å². The smallest absolute Gasteiger partial charge is 0.0264 e. The number of hydrogen-bond donors (Lipinski definition) is 0. The van der Waals surface area contributed by atoms with Crippen LogP contribution in [0.4, 0.5) is 0 Å². The largest absolute Gasteiger partial charge is 0.103 e. The zero-order valence-electron chi connectivity index (χ0n) is 21.1. The van der Waals surface area contributed by atoms with Crippen molar-refractivity contribution in [3.63, 3.8) is 0 Å². The molecule has 0 aromatic heterocycles. The van der Waals surface area contributed by atoms with Crippen molar-refractivity contribution >= 4 is 0 Å². The molecule has 172 valence electrons. The van der Waals surface area contributed by atoms with Gasteiger partial charge in [-0.15, -0.1) is 6.58 Å². The molecule has 0 amide bonds. The fourth-order valence-corrected chi connectivity index (χ4v) is 10.1. The lowest BCUT2D eigenvalue weighted by molar-refractivity contribution is -0.129. The van der Waals surface area contributed by atoms with Crippen LogP contribution in [-0.2, 0) is 0 Å². The summed E-state index contributed by atoms with van der Waals surface area (Å²) in [5.74, 6) is 7.84. The van der Waals surface area contributed by atoms with Crippen molar-refractivity contribution in [1.29, 1.82) is 0 Å². The van der Waals surface area contributed by atoms with E-state index in [1.165, 1.54) is 64.2 Å². The summed E-state index contributed by atoms with van der Waals surface area (Å²) in [6.07, 6.45) is 21.6. The summed E-state index contributed by atoms with van der Waals surface area (Å²) in [5.41, 5.74) is 1.29. The van der Waals surface area contributed by atoms with Crippen molar-refractivity contribution in [3.05, 3.63) is 12.7 Å². The van der Waals surface area contributed by atoms with Crippen molar-refractivity contribution in [2.75, 3.05) is 0 Å². The van der Waals surface area contributed by atoms with Gasteiger partial charge in [0.25, 0.3) is 0 Å². The maximum absolute atomic E-state index is 4.10. The summed E-state index contributed by atoms with van der Waals surface area (Å²) in [6, 6.07) is 0. The predicted octanol–water partition coefficient (Wildman–Crippen LogP) is 9.30. The van der Waals surface area contributed by atoms with Crippen LogP contribution in [0.2, 0.25) is 0 Å². The molecule has 0 heterocycles. The minimum atomic E-state index is 0.636. The van der Waals surface area contributed by atoms with E-state index in [4.69, 9.17) is 0 Å². The third kappa shape index (κ3) is 3.85. The Morgan fingerprint density at radius 1 is 0.833 bits per heavy atom. The third-order valence-electron chi connectivity index (χ3n) is 11.5. The molecule has 0 aromatic carbocycles. The lowest BCUT2D eigenvalue weighted by Gasteiger charge is -2.62. The average Bonchev–Trinajstić information content (AvgIpc) is 3.05. The highest BCUT2D eigenvalue weighted by Gasteiger charge is 2.60. The molecule has 4 saturated carbocycles. The molecule has 0 aromatic rings. The van der Waals surface area contributed by atoms with E-state index < -0.39 is 0 Å². The van der Waals surface area contributed by atoms with E-state index in [2.05, 4.69) is 47.3 Å². The van der Waals surface area contributed by atoms with Crippen molar-refractivity contribution in [2.45, 2.75) is 118 Å². The minimum Gasteiger partial charge on any atom is -0.103 e. The average molecular weight is 413 g/mol. The van der Waals surface area contributed by atoms with E-state index in [-0.39, 0.29) is 0 Å². The van der Waals surface area contributed by atoms with Crippen LogP contribution in [0.3, 0.4) is 0 Å². The van der Waals surface area contributed by atoms with Crippen LogP contribution >= 0.6 is 0 Å². The Morgan fingerprint density at radius 3 is 2.30 bits per heavy atom. The van der Waals surface area contributed by atoms with Crippen molar-refractivity contribution in [3.8, 4) is 0 Å². The fourth-order valence-electron chi connectivity index (χ4n) is 10.1. The number of allylic oxidation sites excluding steroid dienone is 1. The van der Waals surface area contributed by atoms with Gasteiger partial charge >= 0.3 is 0 Å². The second-order valence-corrected chi connectivity index (χ2v) is 13.3. The molecule has 30 heavy (non-hydrogen) atoms. The third-order valence-corrected chi connectivity index (χ3v) is 11.5. The van der Waals surface area contributed by atoms with Crippen LogP contribution in [0.25, 0.3) is 0 Å². The van der Waals surface area contributed by atoms with E-state index >= 15 is 0 Å². The number of hydrogen-bond acceptors (Lipinski definition) is 0. The Bertz CT molecular complexity index is 589. The molecule has 0 bridgehead atoms. The van der Waals surface area contributed by atoms with E-state index in [1.807, 2.05) is 0 Å². The highest BCUT2D eigenvalue weighted by molar-refractivity contribution is 5.10. The Balaban J connectivity index is 1.47. The van der Waals surface area contributed by atoms with E-state index in [9.17, 15) is 0 Å². The van der Waals surface area contributed by atoms with Gasteiger partial charge in [-0.2, -0.15) is 0 Å². The maximum atomic E-state index is 4.10. The quantitative estimate of drug-likeness (QED) is 0.365. The molecule has 4 aliphatic carbocycles. The summed E-state index contributed by atoms with van der Waals surface area (Å²) < 4.78 is 0. The molecule has 0 heteroatoms. The van der Waals surface area contributed by atoms with Crippen LogP contribution in [-0.4, -0.2) is 0 Å². The zero-order chi connectivity index (χ0) is 21.5. The van der Waals surface area contributed by atoms with Gasteiger partial charge in [0.1, 0.15) is 0 Å². The van der Waals surface area contributed by atoms with Crippen molar-refractivity contribution in [2.24, 2.45) is 58.2 Å². The van der Waals surface area contributed by atoms with Gasteiger partial charge in [-0.3, -0.25) is 0 Å². The minimum absolute atomic E-state index is 0.636. The van der Waals surface area contributed by atoms with Gasteiger partial charge in [-0.25, -0.2) is 0 Å². The molecule has 0 N–H and O–H groups in total. The fraction of sp³-hybridized carbons (Fsp3) is 0.933. The first kappa shape index (κ1) is 22.9. The summed E-state index contributed by atoms with van der Waals surface area (Å²) in [5, 5.41) is 0. The molecule has 4 rings (SSSR count). The van der Waals surface area contributed by atoms with Gasteiger partial charge in [0.05, 0.1) is 0 Å². The predicted molar refractivity (Wildman–Crippen MR) is 131 cm³/mol. The number of rotatable bonds is 7. The SMILES string of the molecule is C=CCC1CCC[C@@]2(C)C1CC[C@H]1[C@@H]3CC[C@H](C(C)CCCC(C)C)[C@@]3(C)CC[C@@H]12. The second kappa shape index (κ2) is 8.94.